The number of carbonyl (C=O) groups excluding carboxylic acids is 1. The van der Waals surface area contributed by atoms with Gasteiger partial charge >= 0.3 is 5.97 Å². The third kappa shape index (κ3) is 3.12. The molecule has 1 saturated heterocycles. The number of carbonyl (C=O) groups is 2. The number of rotatable bonds is 4. The Morgan fingerprint density at radius 1 is 0.923 bits per heavy atom. The van der Waals surface area contributed by atoms with Gasteiger partial charge in [-0.05, 0) is 37.8 Å². The van der Waals surface area contributed by atoms with Gasteiger partial charge in [0.25, 0.3) is 0 Å². The number of benzene rings is 2. The summed E-state index contributed by atoms with van der Waals surface area (Å²) < 4.78 is 0. The average Bonchev–Trinajstić information content (AvgIpc) is 2.68. The van der Waals surface area contributed by atoms with Crippen LogP contribution in [0.25, 0.3) is 0 Å². The molecule has 0 unspecified atom stereocenters. The van der Waals surface area contributed by atoms with Gasteiger partial charge in [-0.1, -0.05) is 60.7 Å². The van der Waals surface area contributed by atoms with E-state index in [9.17, 15) is 14.7 Å². The second kappa shape index (κ2) is 6.94. The van der Waals surface area contributed by atoms with Crippen molar-refractivity contribution in [2.75, 3.05) is 13.1 Å². The molecule has 1 amide bonds. The summed E-state index contributed by atoms with van der Waals surface area (Å²) in [4.78, 5) is 27.0. The van der Waals surface area contributed by atoms with Gasteiger partial charge in [0.1, 0.15) is 0 Å². The summed E-state index contributed by atoms with van der Waals surface area (Å²) in [6.07, 6.45) is 0.867. The van der Waals surface area contributed by atoms with Crippen LogP contribution in [0.2, 0.25) is 0 Å². The zero-order valence-electron chi connectivity index (χ0n) is 15.3. The number of carboxylic acid groups (broad SMARTS) is 1. The van der Waals surface area contributed by atoms with E-state index in [0.717, 1.165) is 11.1 Å². The minimum absolute atomic E-state index is 0.0516. The molecule has 2 aromatic rings. The molecule has 1 fully saturated rings. The lowest BCUT2D eigenvalue weighted by atomic mass is 9.72. The number of piperidine rings is 1. The lowest BCUT2D eigenvalue weighted by molar-refractivity contribution is -0.149. The Bertz CT molecular complexity index is 776. The number of hydrogen-bond acceptors (Lipinski definition) is 2. The monoisotopic (exact) mass is 351 g/mol. The first-order valence-corrected chi connectivity index (χ1v) is 9.02. The maximum atomic E-state index is 13.1. The van der Waals surface area contributed by atoms with Crippen molar-refractivity contribution in [2.24, 2.45) is 0 Å². The van der Waals surface area contributed by atoms with Gasteiger partial charge in [0.2, 0.25) is 5.91 Å². The van der Waals surface area contributed by atoms with E-state index < -0.39 is 16.8 Å². The molecule has 1 aliphatic heterocycles. The number of likely N-dealkylation sites (tertiary alicyclic amines) is 1. The van der Waals surface area contributed by atoms with Gasteiger partial charge < -0.3 is 10.0 Å². The van der Waals surface area contributed by atoms with Crippen LogP contribution in [0.3, 0.4) is 0 Å². The summed E-state index contributed by atoms with van der Waals surface area (Å²) in [5, 5.41) is 9.90. The molecule has 136 valence electrons. The Kier molecular flexibility index (Phi) is 4.86. The van der Waals surface area contributed by atoms with Crippen LogP contribution in [0, 0.1) is 0 Å². The zero-order chi connectivity index (χ0) is 18.8. The fraction of sp³-hybridized carbons (Fsp3) is 0.364. The van der Waals surface area contributed by atoms with Crippen LogP contribution in [0.4, 0.5) is 0 Å². The number of aliphatic carboxylic acids is 1. The molecular formula is C22H25NO3. The van der Waals surface area contributed by atoms with Crippen molar-refractivity contribution in [3.05, 3.63) is 71.8 Å². The summed E-state index contributed by atoms with van der Waals surface area (Å²) in [5.74, 6) is -0.756. The van der Waals surface area contributed by atoms with E-state index in [1.807, 2.05) is 79.4 Å². The molecule has 3 rings (SSSR count). The third-order valence-corrected chi connectivity index (χ3v) is 5.67. The van der Waals surface area contributed by atoms with Crippen molar-refractivity contribution in [3.8, 4) is 0 Å². The van der Waals surface area contributed by atoms with Gasteiger partial charge in [-0.3, -0.25) is 9.59 Å². The molecule has 4 nitrogen and oxygen atoms in total. The number of carboxylic acids is 1. The Balaban J connectivity index is 1.79. The maximum Gasteiger partial charge on any atom is 0.314 e. The van der Waals surface area contributed by atoms with Gasteiger partial charge in [-0.2, -0.15) is 0 Å². The summed E-state index contributed by atoms with van der Waals surface area (Å²) in [7, 11) is 0. The van der Waals surface area contributed by atoms with E-state index in [2.05, 4.69) is 0 Å². The molecule has 1 heterocycles. The second-order valence-corrected chi connectivity index (χ2v) is 7.54. The van der Waals surface area contributed by atoms with E-state index in [0.29, 0.717) is 25.9 Å². The van der Waals surface area contributed by atoms with Crippen molar-refractivity contribution in [3.63, 3.8) is 0 Å². The molecule has 2 aromatic carbocycles. The van der Waals surface area contributed by atoms with Crippen LogP contribution >= 0.6 is 0 Å². The molecule has 0 bridgehead atoms. The number of nitrogens with zero attached hydrogens (tertiary/aromatic N) is 1. The molecule has 0 radical (unpaired) electrons. The van der Waals surface area contributed by atoms with Crippen LogP contribution in [0.15, 0.2) is 60.7 Å². The minimum Gasteiger partial charge on any atom is -0.481 e. The molecule has 1 N–H and O–H groups in total. The smallest absolute Gasteiger partial charge is 0.314 e. The first-order chi connectivity index (χ1) is 12.4. The lowest BCUT2D eigenvalue weighted by Gasteiger charge is -2.41. The quantitative estimate of drug-likeness (QED) is 0.915. The van der Waals surface area contributed by atoms with Crippen molar-refractivity contribution in [1.82, 2.24) is 4.90 Å². The van der Waals surface area contributed by atoms with Crippen molar-refractivity contribution in [1.29, 1.82) is 0 Å². The molecule has 4 heteroatoms. The molecular weight excluding hydrogens is 326 g/mol. The van der Waals surface area contributed by atoms with E-state index >= 15 is 0 Å². The summed E-state index contributed by atoms with van der Waals surface area (Å²) in [5.41, 5.74) is 0.261. The molecule has 1 aliphatic rings. The van der Waals surface area contributed by atoms with Crippen LogP contribution in [0.1, 0.15) is 37.8 Å². The van der Waals surface area contributed by atoms with Crippen LogP contribution < -0.4 is 0 Å². The normalized spacial score (nSPS) is 16.9. The highest BCUT2D eigenvalue weighted by Gasteiger charge is 2.45. The summed E-state index contributed by atoms with van der Waals surface area (Å²) >= 11 is 0. The van der Waals surface area contributed by atoms with Gasteiger partial charge in [-0.15, -0.1) is 0 Å². The van der Waals surface area contributed by atoms with Crippen molar-refractivity contribution in [2.45, 2.75) is 37.5 Å². The predicted octanol–water partition coefficient (Wildman–Crippen LogP) is 3.61. The van der Waals surface area contributed by atoms with Crippen molar-refractivity contribution >= 4 is 11.9 Å². The molecule has 0 aromatic heterocycles. The van der Waals surface area contributed by atoms with Crippen LogP contribution in [-0.2, 0) is 20.4 Å². The predicted molar refractivity (Wildman–Crippen MR) is 101 cm³/mol. The van der Waals surface area contributed by atoms with Gasteiger partial charge in [0.15, 0.2) is 0 Å². The maximum absolute atomic E-state index is 13.1. The second-order valence-electron chi connectivity index (χ2n) is 7.54. The van der Waals surface area contributed by atoms with E-state index in [-0.39, 0.29) is 5.91 Å². The van der Waals surface area contributed by atoms with Gasteiger partial charge in [-0.25, -0.2) is 0 Å². The summed E-state index contributed by atoms with van der Waals surface area (Å²) in [6.45, 7) is 4.77. The third-order valence-electron chi connectivity index (χ3n) is 5.67. The highest BCUT2D eigenvalue weighted by atomic mass is 16.4. The van der Waals surface area contributed by atoms with E-state index in [4.69, 9.17) is 0 Å². The Morgan fingerprint density at radius 2 is 1.42 bits per heavy atom. The van der Waals surface area contributed by atoms with Gasteiger partial charge in [0.05, 0.1) is 10.8 Å². The minimum atomic E-state index is -0.908. The first-order valence-electron chi connectivity index (χ1n) is 9.02. The molecule has 0 saturated carbocycles. The Morgan fingerprint density at radius 3 is 1.92 bits per heavy atom. The molecule has 0 aliphatic carbocycles. The summed E-state index contributed by atoms with van der Waals surface area (Å²) in [6, 6.07) is 19.1. The highest BCUT2D eigenvalue weighted by molar-refractivity contribution is 5.88. The van der Waals surface area contributed by atoms with E-state index in [1.165, 1.54) is 0 Å². The molecule has 0 spiro atoms. The highest BCUT2D eigenvalue weighted by Crippen LogP contribution is 2.37. The SMILES string of the molecule is CC(C)(C(=O)N1CCC(C(=O)O)(c2ccccc2)CC1)c1ccccc1. The van der Waals surface area contributed by atoms with Crippen molar-refractivity contribution < 1.29 is 14.7 Å². The fourth-order valence-corrected chi connectivity index (χ4v) is 3.85. The van der Waals surface area contributed by atoms with Crippen LogP contribution in [0.5, 0.6) is 0 Å². The Hall–Kier alpha value is -2.62. The largest absolute Gasteiger partial charge is 0.481 e. The molecule has 26 heavy (non-hydrogen) atoms. The lowest BCUT2D eigenvalue weighted by Crippen LogP contribution is -2.52. The average molecular weight is 351 g/mol. The topological polar surface area (TPSA) is 57.6 Å². The Labute approximate surface area is 154 Å². The van der Waals surface area contributed by atoms with E-state index in [1.54, 1.807) is 0 Å². The fourth-order valence-electron chi connectivity index (χ4n) is 3.85. The van der Waals surface area contributed by atoms with Crippen LogP contribution in [-0.4, -0.2) is 35.0 Å². The van der Waals surface area contributed by atoms with Gasteiger partial charge in [0, 0.05) is 13.1 Å². The standard InChI is InChI=1S/C22H25NO3/c1-21(2,17-9-5-3-6-10-17)19(24)23-15-13-22(14-16-23,20(25)26)18-11-7-4-8-12-18/h3-12H,13-16H2,1-2H3,(H,25,26). The molecule has 0 atom stereocenters. The first kappa shape index (κ1) is 18.2. The number of amides is 1. The zero-order valence-corrected chi connectivity index (χ0v) is 15.3. The number of hydrogen-bond donors (Lipinski definition) is 1.